The van der Waals surface area contributed by atoms with Crippen LogP contribution in [0.5, 0.6) is 0 Å². The minimum absolute atomic E-state index is 0.0247. The first-order chi connectivity index (χ1) is 13.6. The quantitative estimate of drug-likeness (QED) is 0.244. The summed E-state index contributed by atoms with van der Waals surface area (Å²) in [6.45, 7) is 8.04. The number of hydrogen-bond acceptors (Lipinski definition) is 2. The van der Waals surface area contributed by atoms with Crippen molar-refractivity contribution >= 4 is 5.97 Å². The molecule has 0 radical (unpaired) electrons. The van der Waals surface area contributed by atoms with Crippen molar-refractivity contribution in [3.63, 3.8) is 0 Å². The van der Waals surface area contributed by atoms with Crippen molar-refractivity contribution < 1.29 is 57.8 Å². The van der Waals surface area contributed by atoms with Crippen LogP contribution in [-0.4, -0.2) is 42.4 Å². The molecule has 2 nitrogen and oxygen atoms in total. The molecule has 1 unspecified atom stereocenters. The SMILES string of the molecule is CCC(C)(C)CC(C)(C(=O)OCC(F)(F)C(F)(F)C(F)(F)C(F)(F)C(F)(F)F)C(C)(C)C. The molecule has 0 spiro atoms. The fourth-order valence-electron chi connectivity index (χ4n) is 2.74. The molecule has 0 bridgehead atoms. The molecule has 0 fully saturated rings. The molecule has 32 heavy (non-hydrogen) atoms. The van der Waals surface area contributed by atoms with Crippen LogP contribution in [0.2, 0.25) is 0 Å². The third kappa shape index (κ3) is 5.26. The van der Waals surface area contributed by atoms with Crippen LogP contribution in [-0.2, 0) is 9.53 Å². The number of carbonyl (C=O) groups is 1. The summed E-state index contributed by atoms with van der Waals surface area (Å²) in [4.78, 5) is 12.6. The maximum absolute atomic E-state index is 13.9. The lowest BCUT2D eigenvalue weighted by atomic mass is 9.60. The Balaban J connectivity index is 6.01. The zero-order valence-electron chi connectivity index (χ0n) is 18.6. The molecular weight excluding hydrogens is 469 g/mol. The normalized spacial score (nSPS) is 17.2. The van der Waals surface area contributed by atoms with Gasteiger partial charge in [-0.15, -0.1) is 0 Å². The Hall–Kier alpha value is -1.30. The number of alkyl halides is 11. The molecule has 0 saturated heterocycles. The summed E-state index contributed by atoms with van der Waals surface area (Å²) in [7, 11) is 0. The Labute approximate surface area is 178 Å². The molecule has 0 aromatic heterocycles. The van der Waals surface area contributed by atoms with E-state index in [0.717, 1.165) is 0 Å². The largest absolute Gasteiger partial charge is 0.460 e. The van der Waals surface area contributed by atoms with Crippen molar-refractivity contribution in [3.8, 4) is 0 Å². The standard InChI is InChI=1S/C19H27F11O2/c1-8-13(5,6)9-14(7,12(2,3)4)11(31)32-10-15(20,21)16(22,23)17(24,25)18(26,27)19(28,29)30/h8-10H2,1-7H3. The van der Waals surface area contributed by atoms with Gasteiger partial charge < -0.3 is 4.74 Å². The molecule has 0 heterocycles. The number of esters is 1. The molecule has 1 atom stereocenters. The summed E-state index contributed by atoms with van der Waals surface area (Å²) in [6, 6.07) is 0. The molecule has 0 saturated carbocycles. The van der Waals surface area contributed by atoms with E-state index in [4.69, 9.17) is 0 Å². The van der Waals surface area contributed by atoms with Crippen LogP contribution in [0.4, 0.5) is 48.3 Å². The Kier molecular flexibility index (Phi) is 8.14. The Bertz CT molecular complexity index is 676. The summed E-state index contributed by atoms with van der Waals surface area (Å²) in [5.74, 6) is -30.0. The molecule has 0 amide bonds. The zero-order chi connectivity index (χ0) is 26.4. The average Bonchev–Trinajstić information content (AvgIpc) is 2.56. The maximum Gasteiger partial charge on any atom is 0.460 e. The molecule has 0 aliphatic heterocycles. The van der Waals surface area contributed by atoms with Gasteiger partial charge in [0.25, 0.3) is 0 Å². The van der Waals surface area contributed by atoms with Crippen LogP contribution in [0, 0.1) is 16.2 Å². The van der Waals surface area contributed by atoms with E-state index >= 15 is 0 Å². The minimum atomic E-state index is -7.54. The van der Waals surface area contributed by atoms with Gasteiger partial charge in [0.1, 0.15) is 0 Å². The van der Waals surface area contributed by atoms with Gasteiger partial charge in [0.2, 0.25) is 0 Å². The third-order valence-electron chi connectivity index (χ3n) is 5.88. The van der Waals surface area contributed by atoms with Crippen molar-refractivity contribution in [1.29, 1.82) is 0 Å². The minimum Gasteiger partial charge on any atom is -0.459 e. The van der Waals surface area contributed by atoms with Crippen molar-refractivity contribution in [2.45, 2.75) is 91.2 Å². The van der Waals surface area contributed by atoms with Crippen molar-refractivity contribution in [2.75, 3.05) is 6.61 Å². The van der Waals surface area contributed by atoms with Gasteiger partial charge in [-0.25, -0.2) is 0 Å². The van der Waals surface area contributed by atoms with Gasteiger partial charge in [0.15, 0.2) is 6.61 Å². The van der Waals surface area contributed by atoms with E-state index in [1.165, 1.54) is 27.7 Å². The van der Waals surface area contributed by atoms with E-state index in [1.54, 1.807) is 20.8 Å². The second-order valence-corrected chi connectivity index (χ2v) is 9.78. The van der Waals surface area contributed by atoms with Gasteiger partial charge in [0, 0.05) is 0 Å². The Morgan fingerprint density at radius 1 is 0.688 bits per heavy atom. The molecule has 13 heteroatoms. The van der Waals surface area contributed by atoms with Crippen LogP contribution in [0.3, 0.4) is 0 Å². The van der Waals surface area contributed by atoms with E-state index in [9.17, 15) is 53.1 Å². The van der Waals surface area contributed by atoms with E-state index in [-0.39, 0.29) is 6.42 Å². The fourth-order valence-corrected chi connectivity index (χ4v) is 2.74. The first kappa shape index (κ1) is 30.7. The van der Waals surface area contributed by atoms with Crippen molar-refractivity contribution in [3.05, 3.63) is 0 Å². The lowest BCUT2D eigenvalue weighted by molar-refractivity contribution is -0.424. The lowest BCUT2D eigenvalue weighted by Gasteiger charge is -2.44. The summed E-state index contributed by atoms with van der Waals surface area (Å²) >= 11 is 0. The summed E-state index contributed by atoms with van der Waals surface area (Å²) < 4.78 is 148. The zero-order valence-corrected chi connectivity index (χ0v) is 18.6. The van der Waals surface area contributed by atoms with Crippen molar-refractivity contribution in [2.24, 2.45) is 16.2 Å². The highest BCUT2D eigenvalue weighted by Crippen LogP contribution is 2.57. The summed E-state index contributed by atoms with van der Waals surface area (Å²) in [5, 5.41) is 0. The summed E-state index contributed by atoms with van der Waals surface area (Å²) in [6.07, 6.45) is -6.79. The Morgan fingerprint density at radius 2 is 1.09 bits per heavy atom. The smallest absolute Gasteiger partial charge is 0.459 e. The molecular formula is C19H27F11O2. The van der Waals surface area contributed by atoms with E-state index in [2.05, 4.69) is 4.74 Å². The van der Waals surface area contributed by atoms with Crippen molar-refractivity contribution in [1.82, 2.24) is 0 Å². The molecule has 0 rings (SSSR count). The maximum atomic E-state index is 13.9. The molecule has 0 aromatic rings. The molecule has 0 aromatic carbocycles. The molecule has 0 N–H and O–H groups in total. The number of hydrogen-bond donors (Lipinski definition) is 0. The average molecular weight is 496 g/mol. The van der Waals surface area contributed by atoms with Gasteiger partial charge >= 0.3 is 35.8 Å². The first-order valence-corrected chi connectivity index (χ1v) is 9.40. The predicted molar refractivity (Wildman–Crippen MR) is 93.1 cm³/mol. The number of halogens is 11. The second kappa shape index (κ2) is 8.48. The lowest BCUT2D eigenvalue weighted by Crippen LogP contribution is -2.67. The highest BCUT2D eigenvalue weighted by Gasteiger charge is 2.87. The van der Waals surface area contributed by atoms with E-state index < -0.39 is 58.7 Å². The van der Waals surface area contributed by atoms with Gasteiger partial charge in [-0.05, 0) is 24.2 Å². The van der Waals surface area contributed by atoms with Gasteiger partial charge in [-0.2, -0.15) is 48.3 Å². The number of carbonyl (C=O) groups excluding carboxylic acids is 1. The molecule has 192 valence electrons. The monoisotopic (exact) mass is 496 g/mol. The molecule has 0 aliphatic carbocycles. The molecule has 0 aliphatic rings. The Morgan fingerprint density at radius 3 is 1.41 bits per heavy atom. The topological polar surface area (TPSA) is 26.3 Å². The van der Waals surface area contributed by atoms with Crippen LogP contribution >= 0.6 is 0 Å². The van der Waals surface area contributed by atoms with Gasteiger partial charge in [-0.1, -0.05) is 48.0 Å². The number of ether oxygens (including phenoxy) is 1. The highest BCUT2D eigenvalue weighted by atomic mass is 19.4. The van der Waals surface area contributed by atoms with E-state index in [0.29, 0.717) is 6.42 Å². The van der Waals surface area contributed by atoms with Gasteiger partial charge in [0.05, 0.1) is 5.41 Å². The van der Waals surface area contributed by atoms with Gasteiger partial charge in [-0.3, -0.25) is 4.79 Å². The number of rotatable bonds is 9. The van der Waals surface area contributed by atoms with Crippen LogP contribution in [0.25, 0.3) is 0 Å². The van der Waals surface area contributed by atoms with Crippen LogP contribution in [0.1, 0.15) is 61.3 Å². The second-order valence-electron chi connectivity index (χ2n) is 9.78. The fraction of sp³-hybridized carbons (Fsp3) is 0.947. The third-order valence-corrected chi connectivity index (χ3v) is 5.88. The first-order valence-electron chi connectivity index (χ1n) is 9.40. The highest BCUT2D eigenvalue weighted by molar-refractivity contribution is 5.77. The van der Waals surface area contributed by atoms with Crippen LogP contribution in [0.15, 0.2) is 0 Å². The predicted octanol–water partition coefficient (Wildman–Crippen LogP) is 7.51. The van der Waals surface area contributed by atoms with Crippen LogP contribution < -0.4 is 0 Å². The van der Waals surface area contributed by atoms with E-state index in [1.807, 2.05) is 0 Å². The summed E-state index contributed by atoms with van der Waals surface area (Å²) in [5.41, 5.74) is -3.24.